The molecule has 0 aliphatic carbocycles. The van der Waals surface area contributed by atoms with Crippen LogP contribution in [0.4, 0.5) is 0 Å². The van der Waals surface area contributed by atoms with Crippen molar-refractivity contribution >= 4 is 17.3 Å². The summed E-state index contributed by atoms with van der Waals surface area (Å²) in [7, 11) is 0. The lowest BCUT2D eigenvalue weighted by Crippen LogP contribution is -2.28. The Kier molecular flexibility index (Phi) is 11.1. The number of rotatable bonds is 11. The Morgan fingerprint density at radius 2 is 1.73 bits per heavy atom. The maximum atomic E-state index is 13.1. The van der Waals surface area contributed by atoms with Gasteiger partial charge in [0.15, 0.2) is 0 Å². The Hall–Kier alpha value is -3.40. The summed E-state index contributed by atoms with van der Waals surface area (Å²) in [5, 5.41) is 9.97. The van der Waals surface area contributed by atoms with Crippen LogP contribution >= 0.6 is 0 Å². The molecular weight excluding hydrogens is 408 g/mol. The predicted octanol–water partition coefficient (Wildman–Crippen LogP) is 7.59. The van der Waals surface area contributed by atoms with Crippen LogP contribution < -0.4 is 5.69 Å². The van der Waals surface area contributed by atoms with Crippen LogP contribution in [0.3, 0.4) is 0 Å². The molecule has 1 aromatic rings. The minimum atomic E-state index is -0.406. The van der Waals surface area contributed by atoms with Gasteiger partial charge in [-0.15, -0.1) is 0 Å². The fraction of sp³-hybridized carbons (Fsp3) is 0.310. The summed E-state index contributed by atoms with van der Waals surface area (Å²) in [6.07, 6.45) is 15.6. The average molecular weight is 447 g/mol. The van der Waals surface area contributed by atoms with Gasteiger partial charge in [0.1, 0.15) is 0 Å². The third kappa shape index (κ3) is 7.60. The van der Waals surface area contributed by atoms with Gasteiger partial charge in [-0.25, -0.2) is 4.79 Å². The van der Waals surface area contributed by atoms with E-state index in [1.54, 1.807) is 30.6 Å². The first-order valence-electron chi connectivity index (χ1n) is 11.2. The molecule has 1 rings (SSSR count). The van der Waals surface area contributed by atoms with Crippen LogP contribution in [0, 0.1) is 0 Å². The van der Waals surface area contributed by atoms with Crippen molar-refractivity contribution in [1.82, 2.24) is 9.55 Å². The molecule has 0 aromatic carbocycles. The molecule has 1 aromatic heterocycles. The molecule has 0 aliphatic rings. The predicted molar refractivity (Wildman–Crippen MR) is 144 cm³/mol. The zero-order valence-corrected chi connectivity index (χ0v) is 21.0. The first kappa shape index (κ1) is 27.6. The van der Waals surface area contributed by atoms with Gasteiger partial charge in [-0.05, 0) is 66.0 Å². The Balaban J connectivity index is 3.42. The molecule has 0 fully saturated rings. The lowest BCUT2D eigenvalue weighted by molar-refractivity contribution is 0.416. The topological polar surface area (TPSA) is 55.1 Å². The van der Waals surface area contributed by atoms with E-state index in [9.17, 15) is 9.90 Å². The summed E-state index contributed by atoms with van der Waals surface area (Å²) in [6.45, 7) is 23.2. The Morgan fingerprint density at radius 1 is 1.06 bits per heavy atom. The molecule has 0 amide bonds. The zero-order valence-electron chi connectivity index (χ0n) is 21.0. The molecule has 33 heavy (non-hydrogen) atoms. The van der Waals surface area contributed by atoms with E-state index in [-0.39, 0.29) is 5.76 Å². The van der Waals surface area contributed by atoms with Crippen molar-refractivity contribution in [3.8, 4) is 0 Å². The molecule has 0 saturated carbocycles. The van der Waals surface area contributed by atoms with Gasteiger partial charge in [0.25, 0.3) is 0 Å². The van der Waals surface area contributed by atoms with E-state index in [1.807, 2.05) is 45.1 Å². The maximum absolute atomic E-state index is 13.1. The molecule has 0 saturated heterocycles. The maximum Gasteiger partial charge on any atom is 0.353 e. The quantitative estimate of drug-likeness (QED) is 0.281. The van der Waals surface area contributed by atoms with Crippen LogP contribution in [0.1, 0.15) is 71.3 Å². The summed E-state index contributed by atoms with van der Waals surface area (Å²) in [6, 6.07) is 0. The zero-order chi connectivity index (χ0) is 25.1. The van der Waals surface area contributed by atoms with E-state index < -0.39 is 5.69 Å². The minimum absolute atomic E-state index is 0.146. The van der Waals surface area contributed by atoms with Gasteiger partial charge < -0.3 is 5.11 Å². The largest absolute Gasteiger partial charge is 0.512 e. The second-order valence-corrected chi connectivity index (χ2v) is 8.22. The lowest BCUT2D eigenvalue weighted by atomic mass is 10.0. The normalized spacial score (nSPS) is 12.7. The Morgan fingerprint density at radius 3 is 2.24 bits per heavy atom. The third-order valence-corrected chi connectivity index (χ3v) is 5.38. The molecule has 4 nitrogen and oxygen atoms in total. The van der Waals surface area contributed by atoms with Gasteiger partial charge in [0.05, 0.1) is 17.1 Å². The molecule has 1 heterocycles. The standard InChI is InChI=1S/C29H38N2O2/c1-10-13-14-15-21(6)16-17-22(7)18-19-27(20(4)5)31-26(12-3)25(11-2)28(30-29(31)33)23(8)24(9)32/h10,12-15,18-19,32H,1,3,7,11,16-17H2,2,4-6,8-9H3/b14-13-,19-18-,21-15+,24-23?. The number of hydrogen-bond donors (Lipinski definition) is 1. The number of nitrogens with zero attached hydrogens (tertiary/aromatic N) is 2. The van der Waals surface area contributed by atoms with E-state index in [4.69, 9.17) is 0 Å². The number of aliphatic hydroxyl groups is 1. The van der Waals surface area contributed by atoms with Gasteiger partial charge in [-0.1, -0.05) is 73.8 Å². The van der Waals surface area contributed by atoms with E-state index in [2.05, 4.69) is 37.7 Å². The van der Waals surface area contributed by atoms with Crippen LogP contribution in [-0.4, -0.2) is 14.7 Å². The van der Waals surface area contributed by atoms with Crippen molar-refractivity contribution in [2.24, 2.45) is 0 Å². The van der Waals surface area contributed by atoms with E-state index >= 15 is 0 Å². The molecule has 0 bridgehead atoms. The van der Waals surface area contributed by atoms with Crippen LogP contribution in [0.2, 0.25) is 0 Å². The van der Waals surface area contributed by atoms with Crippen LogP contribution in [0.25, 0.3) is 17.3 Å². The molecule has 176 valence electrons. The summed E-state index contributed by atoms with van der Waals surface area (Å²) >= 11 is 0. The molecule has 0 radical (unpaired) electrons. The van der Waals surface area contributed by atoms with Crippen molar-refractivity contribution in [1.29, 1.82) is 0 Å². The molecule has 0 spiro atoms. The fourth-order valence-corrected chi connectivity index (χ4v) is 3.33. The first-order valence-corrected chi connectivity index (χ1v) is 11.2. The highest BCUT2D eigenvalue weighted by atomic mass is 16.3. The second kappa shape index (κ2) is 13.2. The molecule has 1 N–H and O–H groups in total. The molecule has 0 unspecified atom stereocenters. The first-order chi connectivity index (χ1) is 15.6. The molecular formula is C29H38N2O2. The summed E-state index contributed by atoms with van der Waals surface area (Å²) in [4.78, 5) is 17.5. The van der Waals surface area contributed by atoms with Crippen LogP contribution in [0.5, 0.6) is 0 Å². The molecule has 0 atom stereocenters. The number of hydrogen-bond acceptors (Lipinski definition) is 3. The Bertz CT molecular complexity index is 1110. The van der Waals surface area contributed by atoms with Crippen LogP contribution in [0.15, 0.2) is 83.5 Å². The van der Waals surface area contributed by atoms with Gasteiger partial charge in [-0.2, -0.15) is 4.98 Å². The highest BCUT2D eigenvalue weighted by molar-refractivity contribution is 5.71. The Labute approximate surface area is 199 Å². The highest BCUT2D eigenvalue weighted by Gasteiger charge is 2.18. The minimum Gasteiger partial charge on any atom is -0.512 e. The number of allylic oxidation sites excluding steroid dienone is 12. The number of aromatic nitrogens is 2. The average Bonchev–Trinajstić information content (AvgIpc) is 2.77. The van der Waals surface area contributed by atoms with Crippen LogP contribution in [-0.2, 0) is 6.42 Å². The van der Waals surface area contributed by atoms with Gasteiger partial charge in [-0.3, -0.25) is 4.57 Å². The monoisotopic (exact) mass is 446 g/mol. The second-order valence-electron chi connectivity index (χ2n) is 8.22. The smallest absolute Gasteiger partial charge is 0.353 e. The van der Waals surface area contributed by atoms with E-state index in [1.165, 1.54) is 5.57 Å². The summed E-state index contributed by atoms with van der Waals surface area (Å²) in [5.74, 6) is 0.146. The van der Waals surface area contributed by atoms with Crippen molar-refractivity contribution in [3.05, 3.63) is 106 Å². The van der Waals surface area contributed by atoms with Crippen molar-refractivity contribution in [2.45, 2.75) is 60.8 Å². The van der Waals surface area contributed by atoms with Gasteiger partial charge in [0.2, 0.25) is 0 Å². The third-order valence-electron chi connectivity index (χ3n) is 5.38. The van der Waals surface area contributed by atoms with E-state index in [0.717, 1.165) is 35.2 Å². The molecule has 4 heteroatoms. The van der Waals surface area contributed by atoms with Gasteiger partial charge >= 0.3 is 5.69 Å². The SMILES string of the molecule is C=C/C=C\C=C(/C)CCC(=C)/C=C\C(=C(C)C)n1c(C=C)c(CC)c(C(C)=C(C)O)nc1=O. The number of aliphatic hydroxyl groups excluding tert-OH is 1. The van der Waals surface area contributed by atoms with Crippen molar-refractivity contribution < 1.29 is 5.11 Å². The van der Waals surface area contributed by atoms with Crippen molar-refractivity contribution in [2.75, 3.05) is 0 Å². The fourth-order valence-electron chi connectivity index (χ4n) is 3.33. The van der Waals surface area contributed by atoms with E-state index in [0.29, 0.717) is 23.4 Å². The summed E-state index contributed by atoms with van der Waals surface area (Å²) < 4.78 is 1.60. The van der Waals surface area contributed by atoms with Crippen molar-refractivity contribution in [3.63, 3.8) is 0 Å². The lowest BCUT2D eigenvalue weighted by Gasteiger charge is -2.19. The van der Waals surface area contributed by atoms with Gasteiger partial charge in [0, 0.05) is 16.8 Å². The highest BCUT2D eigenvalue weighted by Crippen LogP contribution is 2.25. The molecule has 0 aliphatic heterocycles. The summed E-state index contributed by atoms with van der Waals surface area (Å²) in [5.41, 5.74) is 6.20.